The van der Waals surface area contributed by atoms with Gasteiger partial charge < -0.3 is 19.7 Å². The summed E-state index contributed by atoms with van der Waals surface area (Å²) in [6.45, 7) is 0.238. The fourth-order valence-corrected chi connectivity index (χ4v) is 4.17. The van der Waals surface area contributed by atoms with Crippen LogP contribution in [0, 0.1) is 5.82 Å². The van der Waals surface area contributed by atoms with E-state index >= 15 is 0 Å². The van der Waals surface area contributed by atoms with Crippen molar-refractivity contribution in [2.75, 3.05) is 31.4 Å². The number of hydrogen-bond donors (Lipinski definition) is 1. The smallest absolute Gasteiger partial charge is 0.162 e. The van der Waals surface area contributed by atoms with Crippen LogP contribution < -0.4 is 19.7 Å². The molecule has 40 heavy (non-hydrogen) atoms. The number of anilines is 3. The summed E-state index contributed by atoms with van der Waals surface area (Å²) in [5.41, 5.74) is 5.26. The molecule has 0 atom stereocenters. The standard InChI is InChI=1S/C31H27ClFN5O2/c1-38(2)24-11-7-20(8-12-24)4-5-21-6-9-23(34-17-21)18-40-30-15-25-28(16-29(30)39-3)35-19-36-31(25)37-22-10-13-27(33)26(32)14-22/h4-17,19H,18H2,1-3H3,(H,35,36,37)/b5-4+. The van der Waals surface area contributed by atoms with Crippen molar-refractivity contribution >= 4 is 51.8 Å². The Hall–Kier alpha value is -4.69. The Morgan fingerprint density at radius 1 is 0.900 bits per heavy atom. The van der Waals surface area contributed by atoms with Gasteiger partial charge in [0, 0.05) is 43.1 Å². The summed E-state index contributed by atoms with van der Waals surface area (Å²) in [5.74, 6) is 1.07. The zero-order valence-electron chi connectivity index (χ0n) is 22.2. The Labute approximate surface area is 236 Å². The molecule has 9 heteroatoms. The lowest BCUT2D eigenvalue weighted by Gasteiger charge is -2.14. The number of nitrogens with zero attached hydrogens (tertiary/aromatic N) is 4. The highest BCUT2D eigenvalue weighted by Gasteiger charge is 2.13. The Morgan fingerprint density at radius 2 is 1.68 bits per heavy atom. The number of benzene rings is 3. The van der Waals surface area contributed by atoms with Crippen LogP contribution in [-0.4, -0.2) is 36.2 Å². The first-order valence-electron chi connectivity index (χ1n) is 12.5. The maximum absolute atomic E-state index is 13.6. The molecule has 1 N–H and O–H groups in total. The van der Waals surface area contributed by atoms with Crippen LogP contribution in [0.2, 0.25) is 5.02 Å². The molecule has 0 aliphatic carbocycles. The summed E-state index contributed by atoms with van der Waals surface area (Å²) >= 11 is 5.94. The van der Waals surface area contributed by atoms with Crippen molar-refractivity contribution in [3.05, 3.63) is 107 Å². The van der Waals surface area contributed by atoms with Crippen LogP contribution >= 0.6 is 11.6 Å². The van der Waals surface area contributed by atoms with Crippen LogP contribution in [0.15, 0.2) is 79.3 Å². The highest BCUT2D eigenvalue weighted by Crippen LogP contribution is 2.35. The Balaban J connectivity index is 1.30. The Morgan fingerprint density at radius 3 is 2.38 bits per heavy atom. The number of halogens is 2. The highest BCUT2D eigenvalue weighted by atomic mass is 35.5. The molecule has 3 aromatic carbocycles. The largest absolute Gasteiger partial charge is 0.493 e. The average Bonchev–Trinajstić information content (AvgIpc) is 2.97. The van der Waals surface area contributed by atoms with Gasteiger partial charge in [-0.1, -0.05) is 42.0 Å². The average molecular weight is 556 g/mol. The molecule has 0 aliphatic rings. The molecule has 0 radical (unpaired) electrons. The molecular weight excluding hydrogens is 529 g/mol. The lowest BCUT2D eigenvalue weighted by molar-refractivity contribution is 0.281. The van der Waals surface area contributed by atoms with Crippen molar-refractivity contribution in [3.63, 3.8) is 0 Å². The van der Waals surface area contributed by atoms with E-state index in [0.29, 0.717) is 33.9 Å². The van der Waals surface area contributed by atoms with Crippen LogP contribution in [0.5, 0.6) is 11.5 Å². The number of nitrogens with one attached hydrogen (secondary N) is 1. The van der Waals surface area contributed by atoms with Gasteiger partial charge in [0.25, 0.3) is 0 Å². The van der Waals surface area contributed by atoms with Gasteiger partial charge in [0.1, 0.15) is 24.6 Å². The third-order valence-electron chi connectivity index (χ3n) is 6.20. The second-order valence-electron chi connectivity index (χ2n) is 9.19. The molecule has 2 aromatic heterocycles. The van der Waals surface area contributed by atoms with Crippen molar-refractivity contribution < 1.29 is 13.9 Å². The molecule has 5 rings (SSSR count). The van der Waals surface area contributed by atoms with Gasteiger partial charge in [-0.25, -0.2) is 14.4 Å². The van der Waals surface area contributed by atoms with Crippen molar-refractivity contribution in [3.8, 4) is 11.5 Å². The monoisotopic (exact) mass is 555 g/mol. The minimum Gasteiger partial charge on any atom is -0.493 e. The van der Waals surface area contributed by atoms with Crippen molar-refractivity contribution in [1.29, 1.82) is 0 Å². The molecular formula is C31H27ClFN5O2. The molecule has 0 aliphatic heterocycles. The zero-order chi connectivity index (χ0) is 28.1. The first kappa shape index (κ1) is 26.9. The molecule has 0 spiro atoms. The summed E-state index contributed by atoms with van der Waals surface area (Å²) in [5, 5.41) is 3.89. The fourth-order valence-electron chi connectivity index (χ4n) is 3.99. The second-order valence-corrected chi connectivity index (χ2v) is 9.59. The van der Waals surface area contributed by atoms with E-state index in [2.05, 4.69) is 55.5 Å². The van der Waals surface area contributed by atoms with Gasteiger partial charge >= 0.3 is 0 Å². The number of rotatable bonds is 9. The normalized spacial score (nSPS) is 11.1. The van der Waals surface area contributed by atoms with E-state index in [1.807, 2.05) is 38.5 Å². The minimum atomic E-state index is -0.493. The molecule has 0 fully saturated rings. The predicted octanol–water partition coefficient (Wildman–Crippen LogP) is 7.38. The van der Waals surface area contributed by atoms with Crippen LogP contribution in [0.1, 0.15) is 16.8 Å². The third kappa shape index (κ3) is 6.30. The number of pyridine rings is 1. The number of hydrogen-bond acceptors (Lipinski definition) is 7. The second kappa shape index (κ2) is 12.0. The Bertz CT molecular complexity index is 1660. The molecule has 202 valence electrons. The Kier molecular flexibility index (Phi) is 8.07. The van der Waals surface area contributed by atoms with Gasteiger partial charge in [0.15, 0.2) is 11.5 Å². The number of ether oxygens (including phenoxy) is 2. The zero-order valence-corrected chi connectivity index (χ0v) is 23.0. The van der Waals surface area contributed by atoms with Crippen LogP contribution in [-0.2, 0) is 6.61 Å². The maximum Gasteiger partial charge on any atom is 0.162 e. The number of methoxy groups -OCH3 is 1. The SMILES string of the molecule is COc1cc2ncnc(Nc3ccc(F)c(Cl)c3)c2cc1OCc1ccc(/C=C/c2ccc(N(C)C)cc2)cn1. The lowest BCUT2D eigenvalue weighted by Crippen LogP contribution is -2.07. The molecule has 0 saturated carbocycles. The van der Waals surface area contributed by atoms with Gasteiger partial charge in [0.2, 0.25) is 0 Å². The summed E-state index contributed by atoms with van der Waals surface area (Å²) in [6.07, 6.45) is 7.33. The summed E-state index contributed by atoms with van der Waals surface area (Å²) < 4.78 is 25.2. The number of aromatic nitrogens is 3. The van der Waals surface area contributed by atoms with Gasteiger partial charge in [-0.2, -0.15) is 0 Å². The van der Waals surface area contributed by atoms with Gasteiger partial charge in [-0.05, 0) is 53.6 Å². The van der Waals surface area contributed by atoms with E-state index in [4.69, 9.17) is 21.1 Å². The first-order chi connectivity index (χ1) is 19.4. The lowest BCUT2D eigenvalue weighted by atomic mass is 10.1. The molecule has 0 bridgehead atoms. The van der Waals surface area contributed by atoms with Crippen LogP contribution in [0.4, 0.5) is 21.6 Å². The molecule has 2 heterocycles. The molecule has 7 nitrogen and oxygen atoms in total. The van der Waals surface area contributed by atoms with Gasteiger partial charge in [-0.3, -0.25) is 4.98 Å². The van der Waals surface area contributed by atoms with E-state index in [1.54, 1.807) is 25.3 Å². The van der Waals surface area contributed by atoms with Crippen LogP contribution in [0.25, 0.3) is 23.1 Å². The van der Waals surface area contributed by atoms with E-state index in [-0.39, 0.29) is 11.6 Å². The maximum atomic E-state index is 13.6. The van der Waals surface area contributed by atoms with Gasteiger partial charge in [-0.15, -0.1) is 0 Å². The molecule has 0 saturated heterocycles. The quantitative estimate of drug-likeness (QED) is 0.203. The topological polar surface area (TPSA) is 72.4 Å². The summed E-state index contributed by atoms with van der Waals surface area (Å²) in [7, 11) is 5.61. The molecule has 0 amide bonds. The number of fused-ring (bicyclic) bond motifs is 1. The van der Waals surface area contributed by atoms with Crippen molar-refractivity contribution in [1.82, 2.24) is 15.0 Å². The first-order valence-corrected chi connectivity index (χ1v) is 12.9. The third-order valence-corrected chi connectivity index (χ3v) is 6.49. The van der Waals surface area contributed by atoms with E-state index in [0.717, 1.165) is 22.5 Å². The predicted molar refractivity (Wildman–Crippen MR) is 159 cm³/mol. The van der Waals surface area contributed by atoms with E-state index < -0.39 is 5.82 Å². The fraction of sp³-hybridized carbons (Fsp3) is 0.129. The highest BCUT2D eigenvalue weighted by molar-refractivity contribution is 6.31. The van der Waals surface area contributed by atoms with E-state index in [1.165, 1.54) is 18.5 Å². The van der Waals surface area contributed by atoms with Crippen molar-refractivity contribution in [2.45, 2.75) is 6.61 Å². The van der Waals surface area contributed by atoms with Crippen LogP contribution in [0.3, 0.4) is 0 Å². The molecule has 5 aromatic rings. The summed E-state index contributed by atoms with van der Waals surface area (Å²) in [6, 6.07) is 20.2. The molecule has 0 unspecified atom stereocenters. The minimum absolute atomic E-state index is 0.0155. The van der Waals surface area contributed by atoms with Gasteiger partial charge in [0.05, 0.1) is 23.3 Å². The van der Waals surface area contributed by atoms with E-state index in [9.17, 15) is 4.39 Å². The van der Waals surface area contributed by atoms with Crippen molar-refractivity contribution in [2.24, 2.45) is 0 Å². The summed E-state index contributed by atoms with van der Waals surface area (Å²) in [4.78, 5) is 15.3.